The number of hydrogen-bond acceptors (Lipinski definition) is 5. The van der Waals surface area contributed by atoms with Crippen molar-refractivity contribution in [1.29, 1.82) is 0 Å². The fraction of sp³-hybridized carbons (Fsp3) is 0.421. The van der Waals surface area contributed by atoms with Gasteiger partial charge in [0.05, 0.1) is 5.69 Å². The third-order valence-electron chi connectivity index (χ3n) is 5.52. The first-order chi connectivity index (χ1) is 12.6. The van der Waals surface area contributed by atoms with Gasteiger partial charge in [-0.15, -0.1) is 11.3 Å². The van der Waals surface area contributed by atoms with Gasteiger partial charge in [0.2, 0.25) is 5.91 Å². The van der Waals surface area contributed by atoms with Crippen molar-refractivity contribution in [3.63, 3.8) is 0 Å². The highest BCUT2D eigenvalue weighted by Gasteiger charge is 2.47. The fourth-order valence-electron chi connectivity index (χ4n) is 3.83. The van der Waals surface area contributed by atoms with Gasteiger partial charge in [-0.3, -0.25) is 14.5 Å². The predicted molar refractivity (Wildman–Crippen MR) is 101 cm³/mol. The van der Waals surface area contributed by atoms with Crippen LogP contribution in [0.2, 0.25) is 0 Å². The van der Waals surface area contributed by atoms with Crippen LogP contribution in [0.1, 0.15) is 22.6 Å². The number of thiazole rings is 1. The van der Waals surface area contributed by atoms with Gasteiger partial charge in [-0.1, -0.05) is 30.3 Å². The third-order valence-corrected chi connectivity index (χ3v) is 6.35. The quantitative estimate of drug-likeness (QED) is 0.876. The normalized spacial score (nSPS) is 20.2. The number of amides is 2. The van der Waals surface area contributed by atoms with Crippen molar-refractivity contribution < 1.29 is 9.59 Å². The van der Waals surface area contributed by atoms with Gasteiger partial charge in [-0.05, 0) is 19.9 Å². The summed E-state index contributed by atoms with van der Waals surface area (Å²) in [7, 11) is 2.00. The lowest BCUT2D eigenvalue weighted by molar-refractivity contribution is -0.139. The Labute approximate surface area is 156 Å². The Morgan fingerprint density at radius 3 is 2.62 bits per heavy atom. The maximum Gasteiger partial charge on any atom is 0.282 e. The van der Waals surface area contributed by atoms with Crippen LogP contribution in [0.5, 0.6) is 0 Å². The summed E-state index contributed by atoms with van der Waals surface area (Å²) in [6.45, 7) is 2.71. The number of nitrogens with one attached hydrogen (secondary N) is 1. The molecule has 2 aromatic rings. The summed E-state index contributed by atoms with van der Waals surface area (Å²) in [6.07, 6.45) is 1.33. The molecule has 2 amide bonds. The van der Waals surface area contributed by atoms with Gasteiger partial charge < -0.3 is 10.2 Å². The first-order valence-corrected chi connectivity index (χ1v) is 9.78. The van der Waals surface area contributed by atoms with Gasteiger partial charge in [0.15, 0.2) is 5.01 Å². The molecule has 4 rings (SSSR count). The van der Waals surface area contributed by atoms with E-state index >= 15 is 0 Å². The predicted octanol–water partition coefficient (Wildman–Crippen LogP) is 1.85. The molecule has 0 aliphatic carbocycles. The molecule has 136 valence electrons. The first kappa shape index (κ1) is 17.2. The summed E-state index contributed by atoms with van der Waals surface area (Å²) in [4.78, 5) is 33.8. The van der Waals surface area contributed by atoms with E-state index in [1.54, 1.807) is 0 Å². The molecule has 7 heteroatoms. The minimum absolute atomic E-state index is 0.0362. The third kappa shape index (κ3) is 2.91. The molecule has 2 fully saturated rings. The molecule has 1 spiro atoms. The lowest BCUT2D eigenvalue weighted by Gasteiger charge is -2.48. The van der Waals surface area contributed by atoms with E-state index in [1.807, 2.05) is 47.7 Å². The topological polar surface area (TPSA) is 65.5 Å². The molecule has 0 bridgehead atoms. The Balaban J connectivity index is 1.46. The molecular weight excluding hydrogens is 348 g/mol. The van der Waals surface area contributed by atoms with Crippen LogP contribution in [0.25, 0.3) is 11.3 Å². The number of piperazine rings is 1. The molecule has 0 atom stereocenters. The molecule has 2 aliphatic rings. The first-order valence-electron chi connectivity index (χ1n) is 8.90. The number of piperidine rings is 1. The Hall–Kier alpha value is -2.25. The number of rotatable bonds is 2. The number of likely N-dealkylation sites (N-methyl/N-ethyl adjacent to an activating group) is 1. The standard InChI is InChI=1S/C19H22N4O2S/c1-22-12-9-20-18(25)19(22)7-10-23(11-8-19)17(24)16-21-15(13-26-16)14-5-3-2-4-6-14/h2-6,13H,7-12H2,1H3,(H,20,25). The van der Waals surface area contributed by atoms with Crippen LogP contribution in [0, 0.1) is 0 Å². The molecular formula is C19H22N4O2S. The van der Waals surface area contributed by atoms with E-state index in [4.69, 9.17) is 0 Å². The van der Waals surface area contributed by atoms with Gasteiger partial charge in [0.1, 0.15) is 5.54 Å². The van der Waals surface area contributed by atoms with E-state index in [2.05, 4.69) is 15.2 Å². The van der Waals surface area contributed by atoms with E-state index < -0.39 is 5.54 Å². The van der Waals surface area contributed by atoms with Gasteiger partial charge in [0, 0.05) is 37.1 Å². The molecule has 1 N–H and O–H groups in total. The minimum atomic E-state index is -0.465. The number of carbonyl (C=O) groups is 2. The largest absolute Gasteiger partial charge is 0.353 e. The molecule has 1 aromatic carbocycles. The minimum Gasteiger partial charge on any atom is -0.353 e. The SMILES string of the molecule is CN1CCNC(=O)C12CCN(C(=O)c1nc(-c3ccccc3)cs1)CC2. The van der Waals surface area contributed by atoms with Crippen molar-refractivity contribution in [3.05, 3.63) is 40.7 Å². The van der Waals surface area contributed by atoms with E-state index in [0.29, 0.717) is 37.5 Å². The second-order valence-electron chi connectivity index (χ2n) is 6.91. The molecule has 6 nitrogen and oxygen atoms in total. The zero-order valence-corrected chi connectivity index (χ0v) is 15.6. The van der Waals surface area contributed by atoms with Crippen molar-refractivity contribution in [3.8, 4) is 11.3 Å². The highest BCUT2D eigenvalue weighted by atomic mass is 32.1. The summed E-state index contributed by atoms with van der Waals surface area (Å²) in [5.41, 5.74) is 1.38. The van der Waals surface area contributed by atoms with Crippen molar-refractivity contribution in [2.45, 2.75) is 18.4 Å². The summed E-state index contributed by atoms with van der Waals surface area (Å²) in [5, 5.41) is 5.42. The molecule has 2 aliphatic heterocycles. The van der Waals surface area contributed by atoms with Gasteiger partial charge in [0.25, 0.3) is 5.91 Å². The average molecular weight is 370 g/mol. The van der Waals surface area contributed by atoms with Crippen LogP contribution in [-0.2, 0) is 4.79 Å². The van der Waals surface area contributed by atoms with Gasteiger partial charge >= 0.3 is 0 Å². The van der Waals surface area contributed by atoms with Gasteiger partial charge in [-0.2, -0.15) is 0 Å². The zero-order valence-electron chi connectivity index (χ0n) is 14.8. The Kier molecular flexibility index (Phi) is 4.50. The number of hydrogen-bond donors (Lipinski definition) is 1. The molecule has 1 aromatic heterocycles. The maximum absolute atomic E-state index is 12.8. The monoisotopic (exact) mass is 370 g/mol. The van der Waals surface area contributed by atoms with Crippen LogP contribution in [-0.4, -0.2) is 65.4 Å². The average Bonchev–Trinajstić information content (AvgIpc) is 3.17. The number of likely N-dealkylation sites (tertiary alicyclic amines) is 1. The molecule has 2 saturated heterocycles. The van der Waals surface area contributed by atoms with Crippen LogP contribution in [0.3, 0.4) is 0 Å². The molecule has 26 heavy (non-hydrogen) atoms. The van der Waals surface area contributed by atoms with Crippen molar-refractivity contribution in [2.24, 2.45) is 0 Å². The van der Waals surface area contributed by atoms with E-state index in [9.17, 15) is 9.59 Å². The highest BCUT2D eigenvalue weighted by molar-refractivity contribution is 7.12. The second kappa shape index (κ2) is 6.81. The molecule has 0 radical (unpaired) electrons. The highest BCUT2D eigenvalue weighted by Crippen LogP contribution is 2.31. The maximum atomic E-state index is 12.8. The lowest BCUT2D eigenvalue weighted by Crippen LogP contribution is -2.67. The van der Waals surface area contributed by atoms with Gasteiger partial charge in [-0.25, -0.2) is 4.98 Å². The second-order valence-corrected chi connectivity index (χ2v) is 7.76. The van der Waals surface area contributed by atoms with Crippen molar-refractivity contribution >= 4 is 23.2 Å². The number of carbonyl (C=O) groups excluding carboxylic acids is 2. The molecule has 0 saturated carbocycles. The number of benzene rings is 1. The Bertz CT molecular complexity index is 812. The van der Waals surface area contributed by atoms with Crippen LogP contribution >= 0.6 is 11.3 Å². The number of nitrogens with zero attached hydrogens (tertiary/aromatic N) is 3. The molecule has 3 heterocycles. The smallest absolute Gasteiger partial charge is 0.282 e. The summed E-state index contributed by atoms with van der Waals surface area (Å²) >= 11 is 1.38. The zero-order chi connectivity index (χ0) is 18.1. The summed E-state index contributed by atoms with van der Waals surface area (Å²) in [6, 6.07) is 9.87. The van der Waals surface area contributed by atoms with E-state index in [0.717, 1.165) is 17.8 Å². The Morgan fingerprint density at radius 1 is 1.19 bits per heavy atom. The number of aromatic nitrogens is 1. The Morgan fingerprint density at radius 2 is 1.92 bits per heavy atom. The van der Waals surface area contributed by atoms with Crippen molar-refractivity contribution in [2.75, 3.05) is 33.2 Å². The van der Waals surface area contributed by atoms with Crippen LogP contribution in [0.4, 0.5) is 0 Å². The molecule has 0 unspecified atom stereocenters. The van der Waals surface area contributed by atoms with E-state index in [-0.39, 0.29) is 11.8 Å². The fourth-order valence-corrected chi connectivity index (χ4v) is 4.62. The van der Waals surface area contributed by atoms with Crippen LogP contribution in [0.15, 0.2) is 35.7 Å². The summed E-state index contributed by atoms with van der Waals surface area (Å²) < 4.78 is 0. The van der Waals surface area contributed by atoms with E-state index in [1.165, 1.54) is 11.3 Å². The lowest BCUT2D eigenvalue weighted by atomic mass is 9.83. The summed E-state index contributed by atoms with van der Waals surface area (Å²) in [5.74, 6) is 0.0601. The van der Waals surface area contributed by atoms with Crippen LogP contribution < -0.4 is 5.32 Å². The van der Waals surface area contributed by atoms with Crippen molar-refractivity contribution in [1.82, 2.24) is 20.1 Å².